The van der Waals surface area contributed by atoms with Crippen LogP contribution < -0.4 is 5.32 Å². The second-order valence-electron chi connectivity index (χ2n) is 4.85. The lowest BCUT2D eigenvalue weighted by Gasteiger charge is -2.22. The van der Waals surface area contributed by atoms with Crippen LogP contribution in [-0.2, 0) is 4.79 Å². The predicted octanol–water partition coefficient (Wildman–Crippen LogP) is 4.46. The number of benzene rings is 1. The van der Waals surface area contributed by atoms with Gasteiger partial charge in [0.2, 0.25) is 5.91 Å². The number of halogens is 2. The normalized spacial score (nSPS) is 18.1. The first-order chi connectivity index (χ1) is 8.01. The molecule has 0 heterocycles. The summed E-state index contributed by atoms with van der Waals surface area (Å²) < 4.78 is 0.977. The van der Waals surface area contributed by atoms with Crippen LogP contribution in [0.4, 0.5) is 5.69 Å². The molecular formula is C13H15ClINO. The average molecular weight is 364 g/mol. The van der Waals surface area contributed by atoms with Crippen LogP contribution in [0.2, 0.25) is 5.02 Å². The number of amides is 1. The van der Waals surface area contributed by atoms with Crippen molar-refractivity contribution in [2.45, 2.75) is 32.6 Å². The summed E-state index contributed by atoms with van der Waals surface area (Å²) in [6.07, 6.45) is 4.29. The number of hydrogen-bond donors (Lipinski definition) is 1. The van der Waals surface area contributed by atoms with Gasteiger partial charge in [0.25, 0.3) is 0 Å². The summed E-state index contributed by atoms with van der Waals surface area (Å²) in [7, 11) is 0. The van der Waals surface area contributed by atoms with Crippen LogP contribution in [0, 0.1) is 8.99 Å². The van der Waals surface area contributed by atoms with Gasteiger partial charge in [-0.1, -0.05) is 31.4 Å². The van der Waals surface area contributed by atoms with E-state index in [1.165, 1.54) is 0 Å². The Balaban J connectivity index is 2.13. The summed E-state index contributed by atoms with van der Waals surface area (Å²) in [6.45, 7) is 2.05. The Morgan fingerprint density at radius 3 is 2.65 bits per heavy atom. The first-order valence-corrected chi connectivity index (χ1v) is 7.23. The van der Waals surface area contributed by atoms with E-state index in [2.05, 4.69) is 34.8 Å². The van der Waals surface area contributed by atoms with E-state index in [0.717, 1.165) is 34.9 Å². The Kier molecular flexibility index (Phi) is 3.98. The molecule has 0 atom stereocenters. The van der Waals surface area contributed by atoms with E-state index in [0.29, 0.717) is 5.02 Å². The molecule has 4 heteroatoms. The second kappa shape index (κ2) is 5.14. The number of rotatable bonds is 2. The molecule has 1 N–H and O–H groups in total. The van der Waals surface area contributed by atoms with Crippen molar-refractivity contribution in [3.8, 4) is 0 Å². The van der Waals surface area contributed by atoms with Gasteiger partial charge in [-0.05, 0) is 53.6 Å². The summed E-state index contributed by atoms with van der Waals surface area (Å²) in [4.78, 5) is 12.2. The van der Waals surface area contributed by atoms with Gasteiger partial charge in [0.1, 0.15) is 0 Å². The first kappa shape index (κ1) is 13.1. The number of nitrogens with one attached hydrogen (secondary N) is 1. The second-order valence-corrected chi connectivity index (χ2v) is 6.44. The molecule has 1 aromatic carbocycles. The van der Waals surface area contributed by atoms with Gasteiger partial charge in [-0.3, -0.25) is 4.79 Å². The number of hydrogen-bond acceptors (Lipinski definition) is 1. The molecule has 0 radical (unpaired) electrons. The Labute approximate surface area is 120 Å². The molecule has 1 saturated carbocycles. The third-order valence-electron chi connectivity index (χ3n) is 3.43. The third kappa shape index (κ3) is 2.94. The van der Waals surface area contributed by atoms with Gasteiger partial charge in [0.05, 0.1) is 5.69 Å². The summed E-state index contributed by atoms with van der Waals surface area (Å²) in [5, 5.41) is 3.71. The minimum Gasteiger partial charge on any atom is -0.325 e. The molecule has 2 rings (SSSR count). The molecule has 1 aromatic rings. The largest absolute Gasteiger partial charge is 0.325 e. The lowest BCUT2D eigenvalue weighted by Crippen LogP contribution is -2.31. The summed E-state index contributed by atoms with van der Waals surface area (Å²) in [6, 6.07) is 5.52. The van der Waals surface area contributed by atoms with Crippen molar-refractivity contribution in [2.75, 3.05) is 5.32 Å². The van der Waals surface area contributed by atoms with E-state index in [1.54, 1.807) is 6.07 Å². The molecule has 0 aliphatic heterocycles. The molecular weight excluding hydrogens is 349 g/mol. The molecule has 0 bridgehead atoms. The quantitative estimate of drug-likeness (QED) is 0.772. The number of carbonyl (C=O) groups is 1. The highest BCUT2D eigenvalue weighted by molar-refractivity contribution is 14.1. The first-order valence-electron chi connectivity index (χ1n) is 5.78. The number of carbonyl (C=O) groups excluding carboxylic acids is 1. The highest BCUT2D eigenvalue weighted by Gasteiger charge is 2.36. The van der Waals surface area contributed by atoms with Crippen molar-refractivity contribution in [2.24, 2.45) is 5.41 Å². The highest BCUT2D eigenvalue weighted by atomic mass is 127. The molecule has 92 valence electrons. The van der Waals surface area contributed by atoms with Gasteiger partial charge in [-0.25, -0.2) is 0 Å². The van der Waals surface area contributed by atoms with Crippen molar-refractivity contribution in [1.29, 1.82) is 0 Å². The Morgan fingerprint density at radius 2 is 2.06 bits per heavy atom. The Morgan fingerprint density at radius 1 is 1.41 bits per heavy atom. The van der Waals surface area contributed by atoms with E-state index in [1.807, 2.05) is 12.1 Å². The zero-order valence-electron chi connectivity index (χ0n) is 9.72. The monoisotopic (exact) mass is 363 g/mol. The lowest BCUT2D eigenvalue weighted by molar-refractivity contribution is -0.124. The summed E-state index contributed by atoms with van der Waals surface area (Å²) in [5.41, 5.74) is 0.663. The van der Waals surface area contributed by atoms with Gasteiger partial charge < -0.3 is 5.32 Å². The maximum absolute atomic E-state index is 12.2. The number of anilines is 1. The standard InChI is InChI=1S/C13H15ClINO/c1-13(6-2-3-7-13)12(17)16-11-5-4-9(14)8-10(11)15/h4-5,8H,2-3,6-7H2,1H3,(H,16,17). The lowest BCUT2D eigenvalue weighted by atomic mass is 9.88. The van der Waals surface area contributed by atoms with E-state index in [4.69, 9.17) is 11.6 Å². The van der Waals surface area contributed by atoms with E-state index >= 15 is 0 Å². The Bertz CT molecular complexity index is 441. The third-order valence-corrected chi connectivity index (χ3v) is 4.56. The molecule has 0 spiro atoms. The average Bonchev–Trinajstić information content (AvgIpc) is 2.71. The van der Waals surface area contributed by atoms with E-state index in [-0.39, 0.29) is 11.3 Å². The molecule has 1 aliphatic rings. The molecule has 17 heavy (non-hydrogen) atoms. The molecule has 1 amide bonds. The van der Waals surface area contributed by atoms with Crippen LogP contribution in [0.5, 0.6) is 0 Å². The SMILES string of the molecule is CC1(C(=O)Nc2ccc(Cl)cc2I)CCCC1. The minimum atomic E-state index is -0.192. The smallest absolute Gasteiger partial charge is 0.230 e. The van der Waals surface area contributed by atoms with Crippen LogP contribution >= 0.6 is 34.2 Å². The van der Waals surface area contributed by atoms with Crippen molar-refractivity contribution >= 4 is 45.8 Å². The predicted molar refractivity (Wildman–Crippen MR) is 79.4 cm³/mol. The highest BCUT2D eigenvalue weighted by Crippen LogP contribution is 2.38. The fourth-order valence-corrected chi connectivity index (χ4v) is 3.25. The summed E-state index contributed by atoms with van der Waals surface area (Å²) >= 11 is 8.08. The fraction of sp³-hybridized carbons (Fsp3) is 0.462. The van der Waals surface area contributed by atoms with Gasteiger partial charge in [-0.2, -0.15) is 0 Å². The van der Waals surface area contributed by atoms with Crippen LogP contribution in [0.3, 0.4) is 0 Å². The summed E-state index contributed by atoms with van der Waals surface area (Å²) in [5.74, 6) is 0.134. The van der Waals surface area contributed by atoms with Crippen LogP contribution in [-0.4, -0.2) is 5.91 Å². The van der Waals surface area contributed by atoms with Crippen molar-refractivity contribution in [3.63, 3.8) is 0 Å². The van der Waals surface area contributed by atoms with Crippen LogP contribution in [0.25, 0.3) is 0 Å². The van der Waals surface area contributed by atoms with Gasteiger partial charge in [-0.15, -0.1) is 0 Å². The van der Waals surface area contributed by atoms with Crippen molar-refractivity contribution in [1.82, 2.24) is 0 Å². The Hall–Kier alpha value is -0.290. The van der Waals surface area contributed by atoms with Crippen molar-refractivity contribution < 1.29 is 4.79 Å². The molecule has 1 aliphatic carbocycles. The van der Waals surface area contributed by atoms with Crippen molar-refractivity contribution in [3.05, 3.63) is 26.8 Å². The zero-order chi connectivity index (χ0) is 12.5. The molecule has 0 unspecified atom stereocenters. The zero-order valence-corrected chi connectivity index (χ0v) is 12.6. The fourth-order valence-electron chi connectivity index (χ4n) is 2.25. The van der Waals surface area contributed by atoms with E-state index in [9.17, 15) is 4.79 Å². The van der Waals surface area contributed by atoms with Gasteiger partial charge in [0, 0.05) is 14.0 Å². The molecule has 0 aromatic heterocycles. The molecule has 0 saturated heterocycles. The molecule has 1 fully saturated rings. The van der Waals surface area contributed by atoms with Gasteiger partial charge >= 0.3 is 0 Å². The topological polar surface area (TPSA) is 29.1 Å². The minimum absolute atomic E-state index is 0.134. The van der Waals surface area contributed by atoms with Gasteiger partial charge in [0.15, 0.2) is 0 Å². The maximum atomic E-state index is 12.2. The maximum Gasteiger partial charge on any atom is 0.230 e. The van der Waals surface area contributed by atoms with Crippen LogP contribution in [0.15, 0.2) is 18.2 Å². The van der Waals surface area contributed by atoms with E-state index < -0.39 is 0 Å². The molecule has 2 nitrogen and oxygen atoms in total. The van der Waals surface area contributed by atoms with Crippen LogP contribution in [0.1, 0.15) is 32.6 Å².